The van der Waals surface area contributed by atoms with E-state index >= 15 is 0 Å². The topological polar surface area (TPSA) is 98.5 Å². The van der Waals surface area contributed by atoms with Crippen molar-refractivity contribution in [2.75, 3.05) is 13.1 Å². The molecule has 112 valence electrons. The Balaban J connectivity index is 2.44. The Morgan fingerprint density at radius 2 is 2.14 bits per heavy atom. The lowest BCUT2D eigenvalue weighted by Crippen LogP contribution is -2.30. The number of nitrogens with zero attached hydrogens (tertiary/aromatic N) is 2. The third kappa shape index (κ3) is 2.75. The van der Waals surface area contributed by atoms with E-state index in [0.29, 0.717) is 0 Å². The summed E-state index contributed by atoms with van der Waals surface area (Å²) >= 11 is 5.85. The van der Waals surface area contributed by atoms with Gasteiger partial charge in [0.2, 0.25) is 10.0 Å². The maximum atomic E-state index is 12.6. The molecule has 1 fully saturated rings. The Bertz CT molecular complexity index is 726. The van der Waals surface area contributed by atoms with Crippen molar-refractivity contribution in [3.8, 4) is 6.07 Å². The molecular weight excluding hydrogens is 316 g/mol. The molecule has 21 heavy (non-hydrogen) atoms. The monoisotopic (exact) mass is 328 g/mol. The van der Waals surface area contributed by atoms with E-state index in [1.807, 2.05) is 0 Å². The van der Waals surface area contributed by atoms with Gasteiger partial charge in [0.25, 0.3) is 0 Å². The standard InChI is InChI=1S/C13H13ClN2O4S/c1-8-6-16(7-10(8)13(17)18)21(19,20)12-4-2-3-11(14)9(12)5-15/h2-4,8,10H,6-7H2,1H3,(H,17,18)/t8-,10-/m1/s1. The molecule has 2 rings (SSSR count). The summed E-state index contributed by atoms with van der Waals surface area (Å²) in [6, 6.07) is 5.97. The van der Waals surface area contributed by atoms with Gasteiger partial charge in [-0.2, -0.15) is 9.57 Å². The van der Waals surface area contributed by atoms with Crippen LogP contribution in [0.3, 0.4) is 0 Å². The van der Waals surface area contributed by atoms with E-state index < -0.39 is 21.9 Å². The molecule has 1 aliphatic rings. The molecule has 6 nitrogen and oxygen atoms in total. The van der Waals surface area contributed by atoms with Gasteiger partial charge in [-0.25, -0.2) is 8.42 Å². The van der Waals surface area contributed by atoms with Crippen LogP contribution in [0.25, 0.3) is 0 Å². The fraction of sp³-hybridized carbons (Fsp3) is 0.385. The van der Waals surface area contributed by atoms with Crippen molar-refractivity contribution in [3.05, 3.63) is 28.8 Å². The average Bonchev–Trinajstić information content (AvgIpc) is 2.81. The first-order valence-electron chi connectivity index (χ1n) is 6.20. The third-order valence-electron chi connectivity index (χ3n) is 3.60. The summed E-state index contributed by atoms with van der Waals surface area (Å²) in [7, 11) is -3.94. The predicted octanol–water partition coefficient (Wildman–Crippen LogP) is 1.55. The number of carbonyl (C=O) groups is 1. The van der Waals surface area contributed by atoms with E-state index in [9.17, 15) is 13.2 Å². The molecule has 0 aromatic heterocycles. The Morgan fingerprint density at radius 3 is 2.67 bits per heavy atom. The highest BCUT2D eigenvalue weighted by molar-refractivity contribution is 7.89. The van der Waals surface area contributed by atoms with Gasteiger partial charge in [0.05, 0.1) is 16.5 Å². The van der Waals surface area contributed by atoms with Crippen molar-refractivity contribution in [1.29, 1.82) is 5.26 Å². The number of aliphatic carboxylic acids is 1. The second-order valence-corrected chi connectivity index (χ2v) is 7.28. The van der Waals surface area contributed by atoms with Gasteiger partial charge in [0, 0.05) is 13.1 Å². The summed E-state index contributed by atoms with van der Waals surface area (Å²) in [4.78, 5) is 10.9. The maximum Gasteiger partial charge on any atom is 0.308 e. The van der Waals surface area contributed by atoms with Crippen LogP contribution in [0.2, 0.25) is 5.02 Å². The molecule has 1 aliphatic heterocycles. The molecule has 0 amide bonds. The van der Waals surface area contributed by atoms with Crippen LogP contribution in [0.1, 0.15) is 12.5 Å². The van der Waals surface area contributed by atoms with Crippen molar-refractivity contribution < 1.29 is 18.3 Å². The smallest absolute Gasteiger partial charge is 0.308 e. The minimum absolute atomic E-state index is 0.0561. The van der Waals surface area contributed by atoms with E-state index in [4.69, 9.17) is 22.0 Å². The van der Waals surface area contributed by atoms with E-state index in [1.165, 1.54) is 18.2 Å². The normalized spacial score (nSPS) is 22.9. The van der Waals surface area contributed by atoms with Crippen LogP contribution in [0.4, 0.5) is 0 Å². The van der Waals surface area contributed by atoms with Gasteiger partial charge in [-0.1, -0.05) is 24.6 Å². The summed E-state index contributed by atoms with van der Waals surface area (Å²) in [5.74, 6) is -2.06. The Labute approximate surface area is 127 Å². The van der Waals surface area contributed by atoms with Crippen LogP contribution in [0.5, 0.6) is 0 Å². The number of halogens is 1. The van der Waals surface area contributed by atoms with Crippen LogP contribution in [0.15, 0.2) is 23.1 Å². The summed E-state index contributed by atoms with van der Waals surface area (Å²) in [6.45, 7) is 1.70. The first-order chi connectivity index (χ1) is 9.78. The Hall–Kier alpha value is -1.62. The van der Waals surface area contributed by atoms with Gasteiger partial charge in [-0.15, -0.1) is 0 Å². The van der Waals surface area contributed by atoms with Crippen LogP contribution < -0.4 is 0 Å². The number of hydrogen-bond acceptors (Lipinski definition) is 4. The van der Waals surface area contributed by atoms with Crippen molar-refractivity contribution in [3.63, 3.8) is 0 Å². The number of hydrogen-bond donors (Lipinski definition) is 1. The van der Waals surface area contributed by atoms with Crippen LogP contribution in [0, 0.1) is 23.2 Å². The highest BCUT2D eigenvalue weighted by Crippen LogP contribution is 2.31. The largest absolute Gasteiger partial charge is 0.481 e. The minimum Gasteiger partial charge on any atom is -0.481 e. The van der Waals surface area contributed by atoms with Crippen molar-refractivity contribution >= 4 is 27.6 Å². The quantitative estimate of drug-likeness (QED) is 0.907. The zero-order valence-electron chi connectivity index (χ0n) is 11.2. The average molecular weight is 329 g/mol. The van der Waals surface area contributed by atoms with Gasteiger partial charge < -0.3 is 5.11 Å². The fourth-order valence-electron chi connectivity index (χ4n) is 2.41. The van der Waals surface area contributed by atoms with E-state index in [0.717, 1.165) is 4.31 Å². The van der Waals surface area contributed by atoms with Gasteiger partial charge in [0.15, 0.2) is 0 Å². The number of benzene rings is 1. The zero-order valence-corrected chi connectivity index (χ0v) is 12.7. The highest BCUT2D eigenvalue weighted by Gasteiger charge is 2.41. The lowest BCUT2D eigenvalue weighted by Gasteiger charge is -2.17. The lowest BCUT2D eigenvalue weighted by molar-refractivity contribution is -0.142. The number of carboxylic acid groups (broad SMARTS) is 1. The van der Waals surface area contributed by atoms with Gasteiger partial charge in [-0.3, -0.25) is 4.79 Å². The molecule has 0 saturated carbocycles. The second kappa shape index (κ2) is 5.64. The van der Waals surface area contributed by atoms with Gasteiger partial charge >= 0.3 is 5.97 Å². The molecule has 0 bridgehead atoms. The highest BCUT2D eigenvalue weighted by atomic mass is 35.5. The summed E-state index contributed by atoms with van der Waals surface area (Å²) in [5, 5.41) is 18.2. The summed E-state index contributed by atoms with van der Waals surface area (Å²) in [6.07, 6.45) is 0. The minimum atomic E-state index is -3.94. The number of carboxylic acids is 1. The maximum absolute atomic E-state index is 12.6. The number of rotatable bonds is 3. The van der Waals surface area contributed by atoms with E-state index in [1.54, 1.807) is 13.0 Å². The first kappa shape index (κ1) is 15.8. The van der Waals surface area contributed by atoms with Crippen LogP contribution >= 0.6 is 11.6 Å². The molecule has 0 spiro atoms. The Morgan fingerprint density at radius 1 is 1.48 bits per heavy atom. The van der Waals surface area contributed by atoms with E-state index in [2.05, 4.69) is 0 Å². The van der Waals surface area contributed by atoms with Crippen molar-refractivity contribution in [2.24, 2.45) is 11.8 Å². The molecule has 8 heteroatoms. The third-order valence-corrected chi connectivity index (χ3v) is 5.79. The predicted molar refractivity (Wildman–Crippen MR) is 75.2 cm³/mol. The molecule has 1 aromatic rings. The fourth-order valence-corrected chi connectivity index (χ4v) is 4.41. The summed E-state index contributed by atoms with van der Waals surface area (Å²) < 4.78 is 26.3. The number of nitriles is 1. The van der Waals surface area contributed by atoms with Gasteiger partial charge in [-0.05, 0) is 18.1 Å². The number of sulfonamides is 1. The molecular formula is C13H13ClN2O4S. The molecule has 0 aliphatic carbocycles. The Kier molecular flexibility index (Phi) is 4.23. The molecule has 0 radical (unpaired) electrons. The van der Waals surface area contributed by atoms with Crippen LogP contribution in [-0.2, 0) is 14.8 Å². The molecule has 2 atom stereocenters. The first-order valence-corrected chi connectivity index (χ1v) is 8.02. The van der Waals surface area contributed by atoms with E-state index in [-0.39, 0.29) is 34.5 Å². The van der Waals surface area contributed by atoms with Crippen LogP contribution in [-0.4, -0.2) is 36.9 Å². The van der Waals surface area contributed by atoms with Crippen molar-refractivity contribution in [1.82, 2.24) is 4.31 Å². The molecule has 1 saturated heterocycles. The molecule has 0 unspecified atom stereocenters. The van der Waals surface area contributed by atoms with Crippen molar-refractivity contribution in [2.45, 2.75) is 11.8 Å². The lowest BCUT2D eigenvalue weighted by atomic mass is 9.99. The second-order valence-electron chi connectivity index (χ2n) is 4.97. The molecule has 1 aromatic carbocycles. The SMILES string of the molecule is C[C@@H]1CN(S(=O)(=O)c2cccc(Cl)c2C#N)C[C@H]1C(=O)O. The molecule has 1 heterocycles. The van der Waals surface area contributed by atoms with Gasteiger partial charge in [0.1, 0.15) is 11.0 Å². The molecule has 1 N–H and O–H groups in total. The zero-order chi connectivity index (χ0) is 15.8. The summed E-state index contributed by atoms with van der Waals surface area (Å²) in [5.41, 5.74) is -0.120.